The summed E-state index contributed by atoms with van der Waals surface area (Å²) in [6, 6.07) is 7.58. The van der Waals surface area contributed by atoms with Crippen LogP contribution in [0.4, 0.5) is 0 Å². The Morgan fingerprint density at radius 3 is 3.12 bits per heavy atom. The number of aromatic nitrogens is 1. The normalized spacial score (nSPS) is 18.8. The van der Waals surface area contributed by atoms with Crippen LogP contribution in [0, 0.1) is 0 Å². The summed E-state index contributed by atoms with van der Waals surface area (Å²) in [4.78, 5) is 0. The second-order valence-corrected chi connectivity index (χ2v) is 5.42. The molecule has 1 fully saturated rings. The van der Waals surface area contributed by atoms with Crippen LogP contribution >= 0.6 is 0 Å². The summed E-state index contributed by atoms with van der Waals surface area (Å²) in [7, 11) is 0. The van der Waals surface area contributed by atoms with Crippen molar-refractivity contribution in [2.75, 3.05) is 0 Å². The summed E-state index contributed by atoms with van der Waals surface area (Å²) in [6.07, 6.45) is 7.63. The first-order chi connectivity index (χ1) is 8.42. The first-order valence-corrected chi connectivity index (χ1v) is 6.75. The number of rotatable bonds is 3. The third kappa shape index (κ3) is 1.59. The highest BCUT2D eigenvalue weighted by atomic mass is 15.0. The van der Waals surface area contributed by atoms with Gasteiger partial charge in [0.15, 0.2) is 0 Å². The predicted molar refractivity (Wildman–Crippen MR) is 70.1 cm³/mol. The van der Waals surface area contributed by atoms with Crippen LogP contribution in [0.2, 0.25) is 0 Å². The summed E-state index contributed by atoms with van der Waals surface area (Å²) in [5.74, 6) is 0. The van der Waals surface area contributed by atoms with Gasteiger partial charge in [0.05, 0.1) is 5.52 Å². The minimum atomic E-state index is 0.793. The largest absolute Gasteiger partial charge is 0.347 e. The van der Waals surface area contributed by atoms with Crippen molar-refractivity contribution in [1.82, 2.24) is 9.88 Å². The van der Waals surface area contributed by atoms with Crippen molar-refractivity contribution in [2.24, 2.45) is 0 Å². The predicted octanol–water partition coefficient (Wildman–Crippen LogP) is 2.84. The van der Waals surface area contributed by atoms with Crippen LogP contribution in [0.3, 0.4) is 0 Å². The molecule has 1 aliphatic carbocycles. The second kappa shape index (κ2) is 3.61. The molecule has 1 aliphatic heterocycles. The van der Waals surface area contributed by atoms with Crippen LogP contribution in [-0.2, 0) is 19.5 Å². The van der Waals surface area contributed by atoms with Gasteiger partial charge in [-0.1, -0.05) is 18.2 Å². The first kappa shape index (κ1) is 9.72. The Hall–Kier alpha value is -1.28. The van der Waals surface area contributed by atoms with E-state index in [0.29, 0.717) is 0 Å². The van der Waals surface area contributed by atoms with Crippen molar-refractivity contribution in [1.29, 1.82) is 0 Å². The van der Waals surface area contributed by atoms with E-state index in [4.69, 9.17) is 0 Å². The standard InChI is InChI=1S/C15H18N2/c1-3-11-4-2-8-17-10-12(9-16-13-6-7-13)14(5-1)15(11)17/h1,3,5,10,13,16H,2,4,6-9H2. The van der Waals surface area contributed by atoms with E-state index in [1.54, 1.807) is 0 Å². The van der Waals surface area contributed by atoms with Crippen molar-refractivity contribution >= 4 is 10.9 Å². The summed E-state index contributed by atoms with van der Waals surface area (Å²) >= 11 is 0. The summed E-state index contributed by atoms with van der Waals surface area (Å²) in [5.41, 5.74) is 4.51. The number of hydrogen-bond acceptors (Lipinski definition) is 1. The van der Waals surface area contributed by atoms with E-state index >= 15 is 0 Å². The van der Waals surface area contributed by atoms with E-state index in [1.165, 1.54) is 54.3 Å². The van der Waals surface area contributed by atoms with Gasteiger partial charge in [0.25, 0.3) is 0 Å². The molecular formula is C15H18N2. The minimum Gasteiger partial charge on any atom is -0.347 e. The molecular weight excluding hydrogens is 208 g/mol. The van der Waals surface area contributed by atoms with E-state index in [1.807, 2.05) is 0 Å². The fourth-order valence-corrected chi connectivity index (χ4v) is 3.01. The van der Waals surface area contributed by atoms with Gasteiger partial charge in [-0.05, 0) is 36.8 Å². The molecule has 1 saturated carbocycles. The maximum Gasteiger partial charge on any atom is 0.0516 e. The quantitative estimate of drug-likeness (QED) is 0.851. The molecule has 0 atom stereocenters. The lowest BCUT2D eigenvalue weighted by Gasteiger charge is -2.14. The summed E-state index contributed by atoms with van der Waals surface area (Å²) in [6.45, 7) is 2.23. The maximum absolute atomic E-state index is 3.63. The average molecular weight is 226 g/mol. The number of hydrogen-bond donors (Lipinski definition) is 1. The molecule has 0 radical (unpaired) electrons. The molecule has 88 valence electrons. The smallest absolute Gasteiger partial charge is 0.0516 e. The van der Waals surface area contributed by atoms with E-state index in [0.717, 1.165) is 12.6 Å². The fraction of sp³-hybridized carbons (Fsp3) is 0.467. The Morgan fingerprint density at radius 1 is 1.29 bits per heavy atom. The number of para-hydroxylation sites is 1. The number of aryl methyl sites for hydroxylation is 2. The molecule has 2 heterocycles. The molecule has 1 aromatic heterocycles. The van der Waals surface area contributed by atoms with Gasteiger partial charge < -0.3 is 9.88 Å². The van der Waals surface area contributed by atoms with Crippen LogP contribution in [0.25, 0.3) is 10.9 Å². The van der Waals surface area contributed by atoms with Gasteiger partial charge in [-0.3, -0.25) is 0 Å². The van der Waals surface area contributed by atoms with E-state index < -0.39 is 0 Å². The lowest BCUT2D eigenvalue weighted by atomic mass is 10.0. The molecule has 1 aromatic carbocycles. The summed E-state index contributed by atoms with van der Waals surface area (Å²) in [5, 5.41) is 5.10. The molecule has 0 saturated heterocycles. The number of benzene rings is 1. The Morgan fingerprint density at radius 2 is 2.24 bits per heavy atom. The van der Waals surface area contributed by atoms with Gasteiger partial charge in [-0.15, -0.1) is 0 Å². The van der Waals surface area contributed by atoms with Gasteiger partial charge in [0, 0.05) is 30.7 Å². The van der Waals surface area contributed by atoms with Crippen molar-refractivity contribution in [2.45, 2.75) is 44.8 Å². The third-order valence-electron chi connectivity index (χ3n) is 4.07. The van der Waals surface area contributed by atoms with Gasteiger partial charge in [0.2, 0.25) is 0 Å². The second-order valence-electron chi connectivity index (χ2n) is 5.42. The maximum atomic E-state index is 3.63. The zero-order valence-electron chi connectivity index (χ0n) is 10.1. The lowest BCUT2D eigenvalue weighted by molar-refractivity contribution is 0.630. The van der Waals surface area contributed by atoms with Gasteiger partial charge in [-0.2, -0.15) is 0 Å². The van der Waals surface area contributed by atoms with Gasteiger partial charge in [0.1, 0.15) is 0 Å². The first-order valence-electron chi connectivity index (χ1n) is 6.75. The highest BCUT2D eigenvalue weighted by molar-refractivity contribution is 5.87. The Balaban J connectivity index is 1.79. The molecule has 1 N–H and O–H groups in total. The Bertz CT molecular complexity index is 564. The molecule has 2 nitrogen and oxygen atoms in total. The SMILES string of the molecule is c1cc2c3c(c1)c(CNC1CC1)cn3CCC2. The zero-order valence-corrected chi connectivity index (χ0v) is 10.1. The van der Waals surface area contributed by atoms with Gasteiger partial charge in [-0.25, -0.2) is 0 Å². The summed E-state index contributed by atoms with van der Waals surface area (Å²) < 4.78 is 2.46. The topological polar surface area (TPSA) is 17.0 Å². The van der Waals surface area contributed by atoms with E-state index in [9.17, 15) is 0 Å². The molecule has 4 rings (SSSR count). The third-order valence-corrected chi connectivity index (χ3v) is 4.07. The Labute approximate surface area is 102 Å². The molecule has 2 heteroatoms. The van der Waals surface area contributed by atoms with Gasteiger partial charge >= 0.3 is 0 Å². The van der Waals surface area contributed by atoms with Crippen molar-refractivity contribution in [3.63, 3.8) is 0 Å². The van der Waals surface area contributed by atoms with Crippen molar-refractivity contribution in [3.05, 3.63) is 35.5 Å². The highest BCUT2D eigenvalue weighted by Crippen LogP contribution is 2.30. The molecule has 2 aromatic rings. The fourth-order valence-electron chi connectivity index (χ4n) is 3.01. The molecule has 0 spiro atoms. The zero-order chi connectivity index (χ0) is 11.2. The number of nitrogens with zero attached hydrogens (tertiary/aromatic N) is 1. The van der Waals surface area contributed by atoms with Crippen LogP contribution in [-0.4, -0.2) is 10.6 Å². The van der Waals surface area contributed by atoms with Crippen molar-refractivity contribution in [3.8, 4) is 0 Å². The number of nitrogens with one attached hydrogen (secondary N) is 1. The van der Waals surface area contributed by atoms with Crippen LogP contribution in [0.15, 0.2) is 24.4 Å². The van der Waals surface area contributed by atoms with Crippen LogP contribution in [0.1, 0.15) is 30.4 Å². The molecule has 2 aliphatic rings. The lowest BCUT2D eigenvalue weighted by Crippen LogP contribution is -2.14. The molecule has 0 amide bonds. The monoisotopic (exact) mass is 226 g/mol. The minimum absolute atomic E-state index is 0.793. The van der Waals surface area contributed by atoms with Crippen molar-refractivity contribution < 1.29 is 0 Å². The van der Waals surface area contributed by atoms with Crippen LogP contribution in [0.5, 0.6) is 0 Å². The molecule has 17 heavy (non-hydrogen) atoms. The van der Waals surface area contributed by atoms with Crippen LogP contribution < -0.4 is 5.32 Å². The molecule has 0 bridgehead atoms. The molecule has 0 unspecified atom stereocenters. The van der Waals surface area contributed by atoms with E-state index in [-0.39, 0.29) is 0 Å². The highest BCUT2D eigenvalue weighted by Gasteiger charge is 2.21. The van der Waals surface area contributed by atoms with E-state index in [2.05, 4.69) is 34.3 Å². The Kier molecular flexibility index (Phi) is 2.06. The average Bonchev–Trinajstić information content (AvgIpc) is 3.12.